The van der Waals surface area contributed by atoms with Gasteiger partial charge in [-0.25, -0.2) is 4.39 Å². The predicted octanol–water partition coefficient (Wildman–Crippen LogP) is 6.63. The molecule has 0 radical (unpaired) electrons. The van der Waals surface area contributed by atoms with Crippen molar-refractivity contribution >= 4 is 28.3 Å². The van der Waals surface area contributed by atoms with Crippen LogP contribution in [0, 0.1) is 26.6 Å². The summed E-state index contributed by atoms with van der Waals surface area (Å²) in [5.74, 6) is -0.283. The number of ketones is 1. The number of aryl methyl sites for hydroxylation is 3. The van der Waals surface area contributed by atoms with Gasteiger partial charge in [-0.15, -0.1) is 0 Å². The molecule has 5 nitrogen and oxygen atoms in total. The highest BCUT2D eigenvalue weighted by Gasteiger charge is 2.40. The van der Waals surface area contributed by atoms with E-state index < -0.39 is 5.60 Å². The van der Waals surface area contributed by atoms with Crippen LogP contribution in [0.4, 0.5) is 10.1 Å². The third-order valence-electron chi connectivity index (χ3n) is 6.59. The van der Waals surface area contributed by atoms with E-state index in [0.29, 0.717) is 39.1 Å². The van der Waals surface area contributed by atoms with E-state index >= 15 is 0 Å². The largest absolute Gasteiger partial charge is 0.482 e. The van der Waals surface area contributed by atoms with Gasteiger partial charge in [0, 0.05) is 16.6 Å². The monoisotopic (exact) mass is 457 g/mol. The lowest BCUT2D eigenvalue weighted by Gasteiger charge is -2.35. The first-order valence-electron chi connectivity index (χ1n) is 11.1. The molecule has 0 aliphatic carbocycles. The molecule has 1 aliphatic heterocycles. The number of carbonyl (C=O) groups excluding carboxylic acids is 2. The van der Waals surface area contributed by atoms with E-state index in [0.717, 1.165) is 11.1 Å². The predicted molar refractivity (Wildman–Crippen MR) is 128 cm³/mol. The molecule has 1 aliphatic rings. The molecule has 0 saturated heterocycles. The number of halogens is 1. The first-order valence-corrected chi connectivity index (χ1v) is 11.1. The molecule has 172 valence electrons. The molecule has 1 amide bonds. The second-order valence-corrected chi connectivity index (χ2v) is 9.06. The average molecular weight is 458 g/mol. The molecule has 2 heterocycles. The summed E-state index contributed by atoms with van der Waals surface area (Å²) in [7, 11) is 0. The Bertz CT molecular complexity index is 1470. The average Bonchev–Trinajstić information content (AvgIpc) is 3.13. The normalized spacial score (nSPS) is 17.4. The van der Waals surface area contributed by atoms with E-state index in [4.69, 9.17) is 9.15 Å². The molecule has 0 fully saturated rings. The van der Waals surface area contributed by atoms with Crippen molar-refractivity contribution in [2.24, 2.45) is 0 Å². The molecule has 0 saturated carbocycles. The second kappa shape index (κ2) is 7.83. The highest BCUT2D eigenvalue weighted by molar-refractivity contribution is 6.14. The van der Waals surface area contributed by atoms with Crippen LogP contribution in [0.25, 0.3) is 11.0 Å². The minimum atomic E-state index is -0.924. The van der Waals surface area contributed by atoms with E-state index in [2.05, 4.69) is 5.32 Å². The van der Waals surface area contributed by atoms with E-state index in [1.165, 1.54) is 12.1 Å². The second-order valence-electron chi connectivity index (χ2n) is 9.06. The topological polar surface area (TPSA) is 68.5 Å². The Morgan fingerprint density at radius 1 is 1.00 bits per heavy atom. The van der Waals surface area contributed by atoms with Gasteiger partial charge in [-0.3, -0.25) is 9.59 Å². The molecule has 1 aromatic heterocycles. The molecule has 3 aromatic carbocycles. The molecule has 6 heteroatoms. The Hall–Kier alpha value is -3.93. The zero-order valence-electron chi connectivity index (χ0n) is 19.4. The number of benzene rings is 3. The smallest absolute Gasteiger partial charge is 0.291 e. The number of rotatable bonds is 3. The van der Waals surface area contributed by atoms with Gasteiger partial charge in [0.2, 0.25) is 0 Å². The molecule has 1 atom stereocenters. The van der Waals surface area contributed by atoms with Crippen LogP contribution in [0.3, 0.4) is 0 Å². The van der Waals surface area contributed by atoms with Crippen LogP contribution in [-0.4, -0.2) is 11.7 Å². The van der Waals surface area contributed by atoms with Gasteiger partial charge < -0.3 is 14.5 Å². The first-order chi connectivity index (χ1) is 16.2. The van der Waals surface area contributed by atoms with Crippen LogP contribution < -0.4 is 10.1 Å². The van der Waals surface area contributed by atoms with Crippen molar-refractivity contribution in [1.82, 2.24) is 0 Å². The first kappa shape index (κ1) is 21.9. The number of fused-ring (bicyclic) bond motifs is 3. The fraction of sp³-hybridized carbons (Fsp3) is 0.214. The standard InChI is InChI=1S/C28H24FNO4/c1-15-5-10-20(13-16(15)2)30-27(32)26-17(3)24-22(33-26)11-12-23-25(24)21(31)14-28(4,34-23)18-6-8-19(29)9-7-18/h5-13H,14H2,1-4H3,(H,30,32). The summed E-state index contributed by atoms with van der Waals surface area (Å²) >= 11 is 0. The van der Waals surface area contributed by atoms with Crippen LogP contribution in [-0.2, 0) is 5.60 Å². The van der Waals surface area contributed by atoms with Crippen molar-refractivity contribution in [3.05, 3.63) is 94.0 Å². The number of furan rings is 1. The summed E-state index contributed by atoms with van der Waals surface area (Å²) in [5, 5.41) is 3.46. The van der Waals surface area contributed by atoms with Crippen molar-refractivity contribution < 1.29 is 23.1 Å². The summed E-state index contributed by atoms with van der Waals surface area (Å²) in [4.78, 5) is 26.4. The molecule has 1 N–H and O–H groups in total. The van der Waals surface area contributed by atoms with Crippen LogP contribution in [0.15, 0.2) is 59.0 Å². The Morgan fingerprint density at radius 2 is 1.74 bits per heavy atom. The van der Waals surface area contributed by atoms with Gasteiger partial charge in [0.05, 0.1) is 12.0 Å². The maximum Gasteiger partial charge on any atom is 0.291 e. The quantitative estimate of drug-likeness (QED) is 0.375. The van der Waals surface area contributed by atoms with Crippen molar-refractivity contribution in [2.45, 2.75) is 39.7 Å². The lowest BCUT2D eigenvalue weighted by atomic mass is 9.84. The number of ether oxygens (including phenoxy) is 1. The van der Waals surface area contributed by atoms with Gasteiger partial charge in [-0.05, 0) is 80.8 Å². The number of hydrogen-bond acceptors (Lipinski definition) is 4. The van der Waals surface area contributed by atoms with Gasteiger partial charge in [-0.1, -0.05) is 18.2 Å². The summed E-state index contributed by atoms with van der Waals surface area (Å²) in [6, 6.07) is 15.0. The van der Waals surface area contributed by atoms with Crippen molar-refractivity contribution in [3.8, 4) is 5.75 Å². The molecule has 0 bridgehead atoms. The summed E-state index contributed by atoms with van der Waals surface area (Å²) in [6.07, 6.45) is 0.0829. The number of Topliss-reactive ketones (excluding diaryl/α,β-unsaturated/α-hetero) is 1. The molecule has 34 heavy (non-hydrogen) atoms. The summed E-state index contributed by atoms with van der Waals surface area (Å²) in [5.41, 5.74) is 4.10. The zero-order valence-corrected chi connectivity index (χ0v) is 19.4. The molecule has 0 spiro atoms. The van der Waals surface area contributed by atoms with E-state index in [1.807, 2.05) is 39.0 Å². The molecule has 4 aromatic rings. The fourth-order valence-corrected chi connectivity index (χ4v) is 4.54. The van der Waals surface area contributed by atoms with Crippen LogP contribution in [0.2, 0.25) is 0 Å². The van der Waals surface area contributed by atoms with Crippen molar-refractivity contribution in [1.29, 1.82) is 0 Å². The Kier molecular flexibility index (Phi) is 5.04. The van der Waals surface area contributed by atoms with Gasteiger partial charge in [0.25, 0.3) is 5.91 Å². The lowest BCUT2D eigenvalue weighted by molar-refractivity contribution is 0.0507. The Balaban J connectivity index is 1.53. The maximum absolute atomic E-state index is 13.4. The van der Waals surface area contributed by atoms with Crippen LogP contribution in [0.1, 0.15) is 56.5 Å². The summed E-state index contributed by atoms with van der Waals surface area (Å²) in [6.45, 7) is 7.57. The number of anilines is 1. The van der Waals surface area contributed by atoms with Gasteiger partial charge in [0.15, 0.2) is 11.5 Å². The SMILES string of the molecule is Cc1ccc(NC(=O)c2oc3ccc4c(c3c2C)C(=O)CC(C)(c2ccc(F)cc2)O4)cc1C. The van der Waals surface area contributed by atoms with Crippen molar-refractivity contribution in [3.63, 3.8) is 0 Å². The fourth-order valence-electron chi connectivity index (χ4n) is 4.54. The van der Waals surface area contributed by atoms with Crippen LogP contribution >= 0.6 is 0 Å². The summed E-state index contributed by atoms with van der Waals surface area (Å²) < 4.78 is 25.6. The van der Waals surface area contributed by atoms with E-state index in [9.17, 15) is 14.0 Å². The van der Waals surface area contributed by atoms with Gasteiger partial charge >= 0.3 is 0 Å². The van der Waals surface area contributed by atoms with E-state index in [1.54, 1.807) is 31.2 Å². The third-order valence-corrected chi connectivity index (χ3v) is 6.59. The molecular weight excluding hydrogens is 433 g/mol. The molecular formula is C28H24FNO4. The molecule has 5 rings (SSSR count). The highest BCUT2D eigenvalue weighted by atomic mass is 19.1. The van der Waals surface area contributed by atoms with Crippen molar-refractivity contribution in [2.75, 3.05) is 5.32 Å². The number of carbonyl (C=O) groups is 2. The number of amides is 1. The minimum Gasteiger partial charge on any atom is -0.482 e. The zero-order chi connectivity index (χ0) is 24.2. The maximum atomic E-state index is 13.4. The molecule has 1 unspecified atom stereocenters. The Morgan fingerprint density at radius 3 is 2.44 bits per heavy atom. The van der Waals surface area contributed by atoms with E-state index in [-0.39, 0.29) is 29.7 Å². The number of nitrogens with one attached hydrogen (secondary N) is 1. The number of hydrogen-bond donors (Lipinski definition) is 1. The third kappa shape index (κ3) is 3.55. The Labute approximate surface area is 196 Å². The minimum absolute atomic E-state index is 0.0829. The van der Waals surface area contributed by atoms with Gasteiger partial charge in [0.1, 0.15) is 22.8 Å². The van der Waals surface area contributed by atoms with Crippen LogP contribution in [0.5, 0.6) is 5.75 Å². The van der Waals surface area contributed by atoms with Gasteiger partial charge in [-0.2, -0.15) is 0 Å². The lowest BCUT2D eigenvalue weighted by Crippen LogP contribution is -2.36. The highest BCUT2D eigenvalue weighted by Crippen LogP contribution is 2.44.